The lowest BCUT2D eigenvalue weighted by Gasteiger charge is -2.23. The molecule has 1 aliphatic rings. The monoisotopic (exact) mass is 317 g/mol. The van der Waals surface area contributed by atoms with Crippen LogP contribution < -0.4 is 9.80 Å². The topological polar surface area (TPSA) is 19.4 Å². The van der Waals surface area contributed by atoms with Gasteiger partial charge in [0.05, 0.1) is 5.52 Å². The largest absolute Gasteiger partial charge is 0.371 e. The molecule has 1 aromatic heterocycles. The van der Waals surface area contributed by atoms with Gasteiger partial charge in [-0.25, -0.2) is 0 Å². The number of aromatic nitrogens is 1. The molecule has 0 bridgehead atoms. The highest BCUT2D eigenvalue weighted by molar-refractivity contribution is 5.94. The molecule has 0 radical (unpaired) electrons. The van der Waals surface area contributed by atoms with Crippen LogP contribution >= 0.6 is 0 Å². The Bertz CT molecular complexity index is 852. The van der Waals surface area contributed by atoms with E-state index in [9.17, 15) is 0 Å². The molecule has 2 heterocycles. The fourth-order valence-corrected chi connectivity index (χ4v) is 3.56. The SMILES string of the molecule is Cc1cc(N2CCCC2)c2ccc(N(C)c3ccccc3)cc2n1. The van der Waals surface area contributed by atoms with Gasteiger partial charge in [0, 0.05) is 48.3 Å². The average Bonchev–Trinajstić information content (AvgIpc) is 3.15. The van der Waals surface area contributed by atoms with Gasteiger partial charge in [0.1, 0.15) is 0 Å². The summed E-state index contributed by atoms with van der Waals surface area (Å²) in [4.78, 5) is 9.50. The number of pyridine rings is 1. The molecule has 0 aliphatic carbocycles. The van der Waals surface area contributed by atoms with Crippen molar-refractivity contribution in [2.24, 2.45) is 0 Å². The molecule has 0 atom stereocenters. The van der Waals surface area contributed by atoms with Crippen molar-refractivity contribution in [3.05, 3.63) is 60.3 Å². The summed E-state index contributed by atoms with van der Waals surface area (Å²) < 4.78 is 0. The lowest BCUT2D eigenvalue weighted by Crippen LogP contribution is -2.18. The van der Waals surface area contributed by atoms with Crippen molar-refractivity contribution in [3.63, 3.8) is 0 Å². The van der Waals surface area contributed by atoms with Gasteiger partial charge in [0.2, 0.25) is 0 Å². The highest BCUT2D eigenvalue weighted by Crippen LogP contribution is 2.33. The Morgan fingerprint density at radius 2 is 1.67 bits per heavy atom. The number of aryl methyl sites for hydroxylation is 1. The number of hydrogen-bond donors (Lipinski definition) is 0. The zero-order valence-electron chi connectivity index (χ0n) is 14.4. The summed E-state index contributed by atoms with van der Waals surface area (Å²) >= 11 is 0. The lowest BCUT2D eigenvalue weighted by atomic mass is 10.1. The first-order valence-corrected chi connectivity index (χ1v) is 8.67. The lowest BCUT2D eigenvalue weighted by molar-refractivity contribution is 0.949. The van der Waals surface area contributed by atoms with Gasteiger partial charge >= 0.3 is 0 Å². The van der Waals surface area contributed by atoms with Crippen molar-refractivity contribution >= 4 is 28.0 Å². The highest BCUT2D eigenvalue weighted by Gasteiger charge is 2.16. The van der Waals surface area contributed by atoms with Gasteiger partial charge in [0.15, 0.2) is 0 Å². The minimum atomic E-state index is 1.08. The minimum Gasteiger partial charge on any atom is -0.371 e. The molecule has 0 saturated carbocycles. The first-order chi connectivity index (χ1) is 11.7. The third-order valence-corrected chi connectivity index (χ3v) is 4.88. The first-order valence-electron chi connectivity index (χ1n) is 8.67. The maximum atomic E-state index is 4.79. The van der Waals surface area contributed by atoms with Crippen LogP contribution in [0.3, 0.4) is 0 Å². The van der Waals surface area contributed by atoms with Crippen LogP contribution in [0.15, 0.2) is 54.6 Å². The van der Waals surface area contributed by atoms with Crippen molar-refractivity contribution < 1.29 is 0 Å². The summed E-state index contributed by atoms with van der Waals surface area (Å²) in [6, 6.07) is 19.3. The van der Waals surface area contributed by atoms with E-state index in [1.807, 2.05) is 6.07 Å². The van der Waals surface area contributed by atoms with Gasteiger partial charge in [-0.05, 0) is 56.2 Å². The number of benzene rings is 2. The second-order valence-corrected chi connectivity index (χ2v) is 6.57. The van der Waals surface area contributed by atoms with Crippen LogP contribution in [0.4, 0.5) is 17.1 Å². The molecular formula is C21H23N3. The van der Waals surface area contributed by atoms with Crippen LogP contribution in [-0.4, -0.2) is 25.1 Å². The van der Waals surface area contributed by atoms with Crippen LogP contribution in [0.5, 0.6) is 0 Å². The van der Waals surface area contributed by atoms with Crippen LogP contribution in [0.2, 0.25) is 0 Å². The van der Waals surface area contributed by atoms with E-state index in [-0.39, 0.29) is 0 Å². The Balaban J connectivity index is 1.78. The summed E-state index contributed by atoms with van der Waals surface area (Å²) in [6.07, 6.45) is 2.58. The van der Waals surface area contributed by atoms with E-state index in [0.29, 0.717) is 0 Å². The van der Waals surface area contributed by atoms with E-state index >= 15 is 0 Å². The van der Waals surface area contributed by atoms with Crippen molar-refractivity contribution in [1.82, 2.24) is 4.98 Å². The van der Waals surface area contributed by atoms with Gasteiger partial charge in [-0.2, -0.15) is 0 Å². The molecule has 1 fully saturated rings. The van der Waals surface area contributed by atoms with Crippen molar-refractivity contribution in [3.8, 4) is 0 Å². The molecule has 0 spiro atoms. The zero-order valence-corrected chi connectivity index (χ0v) is 14.4. The standard InChI is InChI=1S/C21H23N3/c1-16-14-21(24-12-6-7-13-24)19-11-10-18(15-20(19)22-16)23(2)17-8-4-3-5-9-17/h3-5,8-11,14-15H,6-7,12-13H2,1-2H3. The summed E-state index contributed by atoms with van der Waals surface area (Å²) in [5.74, 6) is 0. The number of nitrogens with zero attached hydrogens (tertiary/aromatic N) is 3. The Hall–Kier alpha value is -2.55. The van der Waals surface area contributed by atoms with E-state index < -0.39 is 0 Å². The van der Waals surface area contributed by atoms with E-state index in [1.54, 1.807) is 0 Å². The Morgan fingerprint density at radius 1 is 0.917 bits per heavy atom. The number of hydrogen-bond acceptors (Lipinski definition) is 3. The minimum absolute atomic E-state index is 1.08. The molecular weight excluding hydrogens is 294 g/mol. The van der Waals surface area contributed by atoms with E-state index in [0.717, 1.165) is 24.3 Å². The van der Waals surface area contributed by atoms with Crippen molar-refractivity contribution in [1.29, 1.82) is 0 Å². The molecule has 0 amide bonds. The fraction of sp³-hybridized carbons (Fsp3) is 0.286. The molecule has 0 unspecified atom stereocenters. The third kappa shape index (κ3) is 2.71. The number of rotatable bonds is 3. The fourth-order valence-electron chi connectivity index (χ4n) is 3.56. The van der Waals surface area contributed by atoms with Crippen molar-refractivity contribution in [2.75, 3.05) is 29.9 Å². The molecule has 3 aromatic rings. The molecule has 0 N–H and O–H groups in total. The molecule has 1 aliphatic heterocycles. The second kappa shape index (κ2) is 6.16. The number of para-hydroxylation sites is 1. The van der Waals surface area contributed by atoms with E-state index in [1.165, 1.54) is 35.3 Å². The Morgan fingerprint density at radius 3 is 2.42 bits per heavy atom. The van der Waals surface area contributed by atoms with Gasteiger partial charge in [0.25, 0.3) is 0 Å². The smallest absolute Gasteiger partial charge is 0.0746 e. The summed E-state index contributed by atoms with van der Waals surface area (Å²) in [7, 11) is 2.10. The summed E-state index contributed by atoms with van der Waals surface area (Å²) in [5.41, 5.74) is 5.86. The average molecular weight is 317 g/mol. The number of anilines is 3. The van der Waals surface area contributed by atoms with E-state index in [2.05, 4.69) is 72.3 Å². The molecule has 3 heteroatoms. The van der Waals surface area contributed by atoms with Crippen LogP contribution in [-0.2, 0) is 0 Å². The molecule has 24 heavy (non-hydrogen) atoms. The van der Waals surface area contributed by atoms with Crippen molar-refractivity contribution in [2.45, 2.75) is 19.8 Å². The predicted molar refractivity (Wildman–Crippen MR) is 102 cm³/mol. The summed E-state index contributed by atoms with van der Waals surface area (Å²) in [6.45, 7) is 4.40. The number of fused-ring (bicyclic) bond motifs is 1. The molecule has 2 aromatic carbocycles. The Labute approximate surface area is 143 Å². The second-order valence-electron chi connectivity index (χ2n) is 6.57. The molecule has 122 valence electrons. The van der Waals surface area contributed by atoms with Crippen LogP contribution in [0.25, 0.3) is 10.9 Å². The molecule has 3 nitrogen and oxygen atoms in total. The van der Waals surface area contributed by atoms with Crippen LogP contribution in [0.1, 0.15) is 18.5 Å². The third-order valence-electron chi connectivity index (χ3n) is 4.88. The normalized spacial score (nSPS) is 14.3. The quantitative estimate of drug-likeness (QED) is 0.684. The van der Waals surface area contributed by atoms with Gasteiger partial charge in [-0.1, -0.05) is 18.2 Å². The molecule has 4 rings (SSSR count). The maximum Gasteiger partial charge on any atom is 0.0746 e. The first kappa shape index (κ1) is 15.0. The van der Waals surface area contributed by atoms with E-state index in [4.69, 9.17) is 4.98 Å². The molecule has 1 saturated heterocycles. The highest BCUT2D eigenvalue weighted by atomic mass is 15.1. The van der Waals surface area contributed by atoms with Gasteiger partial charge < -0.3 is 9.80 Å². The van der Waals surface area contributed by atoms with Gasteiger partial charge in [-0.15, -0.1) is 0 Å². The zero-order chi connectivity index (χ0) is 16.5. The maximum absolute atomic E-state index is 4.79. The van der Waals surface area contributed by atoms with Gasteiger partial charge in [-0.3, -0.25) is 4.98 Å². The predicted octanol–water partition coefficient (Wildman–Crippen LogP) is 4.91. The summed E-state index contributed by atoms with van der Waals surface area (Å²) in [5, 5.41) is 1.26. The Kier molecular flexibility index (Phi) is 3.85. The van der Waals surface area contributed by atoms with Crippen LogP contribution in [0, 0.1) is 6.92 Å².